The summed E-state index contributed by atoms with van der Waals surface area (Å²) in [5.41, 5.74) is 0.199. The highest BCUT2D eigenvalue weighted by Gasteiger charge is 2.19. The first kappa shape index (κ1) is 19.9. The van der Waals surface area contributed by atoms with Gasteiger partial charge in [-0.1, -0.05) is 30.9 Å². The van der Waals surface area contributed by atoms with Gasteiger partial charge in [0.15, 0.2) is 17.3 Å². The van der Waals surface area contributed by atoms with E-state index in [0.29, 0.717) is 39.2 Å². The van der Waals surface area contributed by atoms with Crippen molar-refractivity contribution in [3.05, 3.63) is 44.4 Å². The molecular weight excluding hydrogens is 410 g/mol. The molecule has 1 aliphatic carbocycles. The summed E-state index contributed by atoms with van der Waals surface area (Å²) in [5, 5.41) is 1.93. The van der Waals surface area contributed by atoms with Gasteiger partial charge in [0, 0.05) is 23.1 Å². The third kappa shape index (κ3) is 4.16. The second kappa shape index (κ2) is 8.55. The molecule has 0 amide bonds. The number of ether oxygens (including phenoxy) is 2. The van der Waals surface area contributed by atoms with Gasteiger partial charge in [-0.05, 0) is 25.0 Å². The average Bonchev–Trinajstić information content (AvgIpc) is 3.21. The van der Waals surface area contributed by atoms with E-state index in [1.807, 2.05) is 6.20 Å². The normalized spacial score (nSPS) is 15.6. The lowest BCUT2D eigenvalue weighted by Crippen LogP contribution is -2.11. The van der Waals surface area contributed by atoms with E-state index in [-0.39, 0.29) is 5.56 Å². The smallest absolute Gasteiger partial charge is 0.259 e. The average molecular weight is 432 g/mol. The molecule has 6 nitrogen and oxygen atoms in total. The fourth-order valence-corrected chi connectivity index (χ4v) is 4.98. The van der Waals surface area contributed by atoms with Crippen molar-refractivity contribution in [3.63, 3.8) is 0 Å². The van der Waals surface area contributed by atoms with E-state index in [9.17, 15) is 4.79 Å². The Labute approximate surface area is 177 Å². The van der Waals surface area contributed by atoms with Crippen molar-refractivity contribution in [2.75, 3.05) is 14.2 Å². The number of H-pyrrole nitrogens is 1. The summed E-state index contributed by atoms with van der Waals surface area (Å²) in [6, 6.07) is 3.28. The number of methoxy groups -OCH3 is 2. The predicted molar refractivity (Wildman–Crippen MR) is 117 cm³/mol. The molecular formula is C21H22ClN3O3S. The first-order chi connectivity index (χ1) is 14.1. The van der Waals surface area contributed by atoms with Crippen LogP contribution in [-0.2, 0) is 0 Å². The Morgan fingerprint density at radius 1 is 1.21 bits per heavy atom. The van der Waals surface area contributed by atoms with E-state index in [1.165, 1.54) is 39.2 Å². The van der Waals surface area contributed by atoms with Gasteiger partial charge in [0.25, 0.3) is 5.56 Å². The second-order valence-electron chi connectivity index (χ2n) is 7.07. The zero-order chi connectivity index (χ0) is 20.4. The molecule has 1 aromatic carbocycles. The highest BCUT2D eigenvalue weighted by molar-refractivity contribution is 7.12. The van der Waals surface area contributed by atoms with E-state index in [0.717, 1.165) is 9.88 Å². The molecule has 152 valence electrons. The third-order valence-corrected chi connectivity index (χ3v) is 6.60. The van der Waals surface area contributed by atoms with Gasteiger partial charge in [0.2, 0.25) is 0 Å². The molecule has 1 saturated carbocycles. The number of hydrogen-bond acceptors (Lipinski definition) is 6. The second-order valence-corrected chi connectivity index (χ2v) is 8.57. The van der Waals surface area contributed by atoms with E-state index < -0.39 is 0 Å². The minimum Gasteiger partial charge on any atom is -0.493 e. The maximum Gasteiger partial charge on any atom is 0.259 e. The van der Waals surface area contributed by atoms with E-state index in [2.05, 4.69) is 15.0 Å². The van der Waals surface area contributed by atoms with Crippen molar-refractivity contribution < 1.29 is 9.47 Å². The molecule has 0 atom stereocenters. The molecule has 0 unspecified atom stereocenters. The molecule has 0 radical (unpaired) electrons. The van der Waals surface area contributed by atoms with E-state index >= 15 is 0 Å². The summed E-state index contributed by atoms with van der Waals surface area (Å²) in [5.74, 6) is 1.84. The van der Waals surface area contributed by atoms with Crippen LogP contribution in [0.1, 0.15) is 53.7 Å². The lowest BCUT2D eigenvalue weighted by atomic mass is 9.90. The van der Waals surface area contributed by atoms with Crippen molar-refractivity contribution >= 4 is 44.9 Å². The van der Waals surface area contributed by atoms with Crippen LogP contribution in [0.3, 0.4) is 0 Å². The summed E-state index contributed by atoms with van der Waals surface area (Å²) < 4.78 is 10.6. The number of nitrogens with one attached hydrogen (secondary N) is 1. The quantitative estimate of drug-likeness (QED) is 0.602. The van der Waals surface area contributed by atoms with Crippen LogP contribution in [0.2, 0.25) is 0 Å². The van der Waals surface area contributed by atoms with Crippen LogP contribution in [0.25, 0.3) is 22.0 Å². The highest BCUT2D eigenvalue weighted by Crippen LogP contribution is 2.36. The molecule has 29 heavy (non-hydrogen) atoms. The lowest BCUT2D eigenvalue weighted by Gasteiger charge is -2.18. The molecule has 1 aliphatic rings. The molecule has 2 heterocycles. The topological polar surface area (TPSA) is 77.1 Å². The SMILES string of the molecule is COc1cc2nc(C(Cl)=Cc3cnc(C4CCCCC4)s3)[nH]c(=O)c2cc1OC. The van der Waals surface area contributed by atoms with Crippen LogP contribution < -0.4 is 15.0 Å². The number of thiazole rings is 1. The molecule has 0 saturated heterocycles. The zero-order valence-corrected chi connectivity index (χ0v) is 17.9. The Morgan fingerprint density at radius 2 is 1.93 bits per heavy atom. The summed E-state index contributed by atoms with van der Waals surface area (Å²) >= 11 is 8.14. The summed E-state index contributed by atoms with van der Waals surface area (Å²) in [7, 11) is 3.06. The Kier molecular flexibility index (Phi) is 5.87. The van der Waals surface area contributed by atoms with Crippen molar-refractivity contribution in [1.29, 1.82) is 0 Å². The fraction of sp³-hybridized carbons (Fsp3) is 0.381. The first-order valence-electron chi connectivity index (χ1n) is 9.58. The van der Waals surface area contributed by atoms with Crippen LogP contribution in [-0.4, -0.2) is 29.2 Å². The molecule has 0 bridgehead atoms. The van der Waals surface area contributed by atoms with Crippen molar-refractivity contribution in [2.45, 2.75) is 38.0 Å². The van der Waals surface area contributed by atoms with Gasteiger partial charge >= 0.3 is 0 Å². The lowest BCUT2D eigenvalue weighted by molar-refractivity contribution is 0.355. The van der Waals surface area contributed by atoms with Gasteiger partial charge in [-0.15, -0.1) is 11.3 Å². The van der Waals surface area contributed by atoms with Crippen molar-refractivity contribution in [1.82, 2.24) is 15.0 Å². The third-order valence-electron chi connectivity index (χ3n) is 5.20. The molecule has 1 N–H and O–H groups in total. The molecule has 0 aliphatic heterocycles. The van der Waals surface area contributed by atoms with Crippen LogP contribution in [0.4, 0.5) is 0 Å². The number of benzene rings is 1. The number of hydrogen-bond donors (Lipinski definition) is 1. The minimum atomic E-state index is -0.287. The molecule has 2 aromatic heterocycles. The highest BCUT2D eigenvalue weighted by atomic mass is 35.5. The van der Waals surface area contributed by atoms with E-state index in [4.69, 9.17) is 21.1 Å². The largest absolute Gasteiger partial charge is 0.493 e. The summed E-state index contributed by atoms with van der Waals surface area (Å²) in [6.07, 6.45) is 9.91. The first-order valence-corrected chi connectivity index (χ1v) is 10.8. The molecule has 8 heteroatoms. The fourth-order valence-electron chi connectivity index (χ4n) is 3.68. The standard InChI is InChI=1S/C21H22ClN3O3S/c1-27-17-9-14-16(10-18(17)28-2)24-19(25-20(14)26)15(22)8-13-11-23-21(29-13)12-6-4-3-5-7-12/h8-12H,3-7H2,1-2H3,(H,24,25,26). The van der Waals surface area contributed by atoms with Gasteiger partial charge in [0.1, 0.15) is 0 Å². The van der Waals surface area contributed by atoms with Crippen LogP contribution >= 0.6 is 22.9 Å². The number of aromatic amines is 1. The Bertz CT molecular complexity index is 1120. The van der Waals surface area contributed by atoms with Crippen LogP contribution in [0.5, 0.6) is 11.5 Å². The molecule has 4 rings (SSSR count). The molecule has 1 fully saturated rings. The van der Waals surface area contributed by atoms with Crippen molar-refractivity contribution in [2.24, 2.45) is 0 Å². The minimum absolute atomic E-state index is 0.287. The molecule has 3 aromatic rings. The maximum absolute atomic E-state index is 12.5. The van der Waals surface area contributed by atoms with Gasteiger partial charge in [-0.25, -0.2) is 9.97 Å². The number of halogens is 1. The van der Waals surface area contributed by atoms with Gasteiger partial charge in [-0.2, -0.15) is 0 Å². The Balaban J connectivity index is 1.66. The number of fused-ring (bicyclic) bond motifs is 1. The van der Waals surface area contributed by atoms with E-state index in [1.54, 1.807) is 36.7 Å². The van der Waals surface area contributed by atoms with Gasteiger partial charge < -0.3 is 14.5 Å². The monoisotopic (exact) mass is 431 g/mol. The van der Waals surface area contributed by atoms with Crippen LogP contribution in [0, 0.1) is 0 Å². The maximum atomic E-state index is 12.5. The predicted octanol–water partition coefficient (Wildman–Crippen LogP) is 5.18. The molecule has 0 spiro atoms. The zero-order valence-electron chi connectivity index (χ0n) is 16.3. The van der Waals surface area contributed by atoms with Gasteiger partial charge in [0.05, 0.1) is 35.2 Å². The number of rotatable bonds is 5. The summed E-state index contributed by atoms with van der Waals surface area (Å²) in [6.45, 7) is 0. The van der Waals surface area contributed by atoms with Crippen molar-refractivity contribution in [3.8, 4) is 11.5 Å². The van der Waals surface area contributed by atoms with Crippen LogP contribution in [0.15, 0.2) is 23.1 Å². The Morgan fingerprint density at radius 3 is 2.66 bits per heavy atom. The van der Waals surface area contributed by atoms with Gasteiger partial charge in [-0.3, -0.25) is 4.79 Å². The summed E-state index contributed by atoms with van der Waals surface area (Å²) in [4.78, 5) is 25.3. The number of aromatic nitrogens is 3. The number of nitrogens with zero attached hydrogens (tertiary/aromatic N) is 2. The Hall–Kier alpha value is -2.38.